The van der Waals surface area contributed by atoms with Crippen molar-refractivity contribution in [1.29, 1.82) is 0 Å². The molecule has 0 spiro atoms. The minimum atomic E-state index is -3.54. The monoisotopic (exact) mass is 404 g/mol. The quantitative estimate of drug-likeness (QED) is 0.830. The number of carbonyl (C=O) groups is 1. The number of amides is 1. The SMILES string of the molecule is CC12CCC(C1)C(C)(C)[C@@H]2NC(=O)c1cccc(S(=O)(=O)N2CCCCC2)c1. The van der Waals surface area contributed by atoms with E-state index in [1.54, 1.807) is 28.6 Å². The van der Waals surface area contributed by atoms with Crippen molar-refractivity contribution in [2.75, 3.05) is 13.1 Å². The molecule has 3 fully saturated rings. The van der Waals surface area contributed by atoms with E-state index < -0.39 is 10.0 Å². The summed E-state index contributed by atoms with van der Waals surface area (Å²) >= 11 is 0. The standard InChI is InChI=1S/C22H32N2O3S/c1-21(2)17-10-11-22(3,15-17)20(21)23-19(25)16-8-7-9-18(14-16)28(26,27)24-12-5-4-6-13-24/h7-9,14,17,20H,4-6,10-13,15H2,1-3H3,(H,23,25)/t17?,20-,22?/m0/s1. The topological polar surface area (TPSA) is 66.5 Å². The smallest absolute Gasteiger partial charge is 0.251 e. The van der Waals surface area contributed by atoms with E-state index in [-0.39, 0.29) is 27.7 Å². The first-order valence-corrected chi connectivity index (χ1v) is 12.0. The highest BCUT2D eigenvalue weighted by atomic mass is 32.2. The Morgan fingerprint density at radius 1 is 1.14 bits per heavy atom. The zero-order valence-corrected chi connectivity index (χ0v) is 18.0. The lowest BCUT2D eigenvalue weighted by molar-refractivity contribution is 0.0737. The van der Waals surface area contributed by atoms with Crippen molar-refractivity contribution in [3.63, 3.8) is 0 Å². The molecule has 1 amide bonds. The van der Waals surface area contributed by atoms with Crippen LogP contribution in [0.25, 0.3) is 0 Å². The Labute approximate surface area is 168 Å². The van der Waals surface area contributed by atoms with E-state index in [0.717, 1.165) is 32.1 Å². The van der Waals surface area contributed by atoms with Crippen LogP contribution in [-0.2, 0) is 10.0 Å². The summed E-state index contributed by atoms with van der Waals surface area (Å²) in [6, 6.07) is 6.66. The van der Waals surface area contributed by atoms with Crippen LogP contribution in [0.1, 0.15) is 69.7 Å². The molecular weight excluding hydrogens is 372 g/mol. The van der Waals surface area contributed by atoms with Gasteiger partial charge >= 0.3 is 0 Å². The second-order valence-corrected chi connectivity index (χ2v) is 11.8. The molecule has 1 saturated heterocycles. The Kier molecular flexibility index (Phi) is 4.86. The molecule has 1 heterocycles. The lowest BCUT2D eigenvalue weighted by Gasteiger charge is -2.43. The summed E-state index contributed by atoms with van der Waals surface area (Å²) in [5.74, 6) is 0.483. The Morgan fingerprint density at radius 3 is 2.50 bits per heavy atom. The number of nitrogens with zero attached hydrogens (tertiary/aromatic N) is 1. The van der Waals surface area contributed by atoms with E-state index in [0.29, 0.717) is 24.6 Å². The molecule has 1 aromatic rings. The molecule has 2 bridgehead atoms. The Bertz CT molecular complexity index is 869. The average Bonchev–Trinajstić information content (AvgIpc) is 3.17. The molecule has 2 saturated carbocycles. The van der Waals surface area contributed by atoms with E-state index in [1.807, 2.05) is 0 Å². The normalized spacial score (nSPS) is 32.4. The Hall–Kier alpha value is -1.40. The lowest BCUT2D eigenvalue weighted by Crippen LogP contribution is -2.52. The van der Waals surface area contributed by atoms with Crippen molar-refractivity contribution < 1.29 is 13.2 Å². The van der Waals surface area contributed by atoms with Crippen molar-refractivity contribution in [3.05, 3.63) is 29.8 Å². The highest BCUT2D eigenvalue weighted by Gasteiger charge is 2.59. The van der Waals surface area contributed by atoms with Gasteiger partial charge in [-0.1, -0.05) is 33.3 Å². The number of nitrogens with one attached hydrogen (secondary N) is 1. The van der Waals surface area contributed by atoms with Crippen molar-refractivity contribution in [3.8, 4) is 0 Å². The van der Waals surface area contributed by atoms with Gasteiger partial charge in [0.05, 0.1) is 4.90 Å². The van der Waals surface area contributed by atoms with E-state index >= 15 is 0 Å². The van der Waals surface area contributed by atoms with Crippen molar-refractivity contribution in [2.24, 2.45) is 16.7 Å². The molecule has 5 nitrogen and oxygen atoms in total. The molecule has 1 aromatic carbocycles. The summed E-state index contributed by atoms with van der Waals surface area (Å²) in [6.45, 7) is 7.92. The summed E-state index contributed by atoms with van der Waals surface area (Å²) in [5.41, 5.74) is 0.641. The van der Waals surface area contributed by atoms with Crippen molar-refractivity contribution >= 4 is 15.9 Å². The zero-order chi connectivity index (χ0) is 20.2. The molecule has 0 aromatic heterocycles. The van der Waals surface area contributed by atoms with Crippen LogP contribution in [0, 0.1) is 16.7 Å². The minimum absolute atomic E-state index is 0.0696. The molecule has 1 aliphatic heterocycles. The van der Waals surface area contributed by atoms with Crippen LogP contribution >= 0.6 is 0 Å². The molecular formula is C22H32N2O3S. The fraction of sp³-hybridized carbons (Fsp3) is 0.682. The van der Waals surface area contributed by atoms with Crippen LogP contribution in [0.4, 0.5) is 0 Å². The van der Waals surface area contributed by atoms with Crippen molar-refractivity contribution in [2.45, 2.75) is 70.2 Å². The molecule has 4 rings (SSSR count). The van der Waals surface area contributed by atoms with Crippen LogP contribution in [0.3, 0.4) is 0 Å². The first kappa shape index (κ1) is 19.9. The van der Waals surface area contributed by atoms with Gasteiger partial charge in [-0.25, -0.2) is 8.42 Å². The summed E-state index contributed by atoms with van der Waals surface area (Å²) in [7, 11) is -3.54. The second kappa shape index (κ2) is 6.84. The van der Waals surface area contributed by atoms with Crippen LogP contribution in [0.5, 0.6) is 0 Å². The fourth-order valence-electron chi connectivity index (χ4n) is 5.93. The summed E-state index contributed by atoms with van der Waals surface area (Å²) in [6.07, 6.45) is 6.42. The van der Waals surface area contributed by atoms with Crippen LogP contribution < -0.4 is 5.32 Å². The molecule has 28 heavy (non-hydrogen) atoms. The van der Waals surface area contributed by atoms with Gasteiger partial charge in [-0.2, -0.15) is 4.31 Å². The van der Waals surface area contributed by atoms with E-state index in [4.69, 9.17) is 0 Å². The number of sulfonamides is 1. The second-order valence-electron chi connectivity index (χ2n) is 9.81. The molecule has 2 aliphatic carbocycles. The Balaban J connectivity index is 1.55. The van der Waals surface area contributed by atoms with Gasteiger partial charge in [0.1, 0.15) is 0 Å². The van der Waals surface area contributed by atoms with Crippen molar-refractivity contribution in [1.82, 2.24) is 9.62 Å². The number of benzene rings is 1. The van der Waals surface area contributed by atoms with E-state index in [1.165, 1.54) is 6.42 Å². The third-order valence-corrected chi connectivity index (χ3v) is 9.49. The van der Waals surface area contributed by atoms with Crippen LogP contribution in [-0.4, -0.2) is 37.8 Å². The summed E-state index contributed by atoms with van der Waals surface area (Å²) in [4.78, 5) is 13.3. The fourth-order valence-corrected chi connectivity index (χ4v) is 7.49. The maximum absolute atomic E-state index is 13.0. The van der Waals surface area contributed by atoms with Crippen LogP contribution in [0.15, 0.2) is 29.2 Å². The third-order valence-electron chi connectivity index (χ3n) is 7.59. The van der Waals surface area contributed by atoms with Crippen LogP contribution in [0.2, 0.25) is 0 Å². The van der Waals surface area contributed by atoms with E-state index in [9.17, 15) is 13.2 Å². The Morgan fingerprint density at radius 2 is 1.86 bits per heavy atom. The van der Waals surface area contributed by atoms with Gasteiger partial charge in [0, 0.05) is 24.7 Å². The maximum Gasteiger partial charge on any atom is 0.251 e. The molecule has 1 N–H and O–H groups in total. The van der Waals surface area contributed by atoms with E-state index in [2.05, 4.69) is 26.1 Å². The number of carbonyl (C=O) groups excluding carboxylic acids is 1. The van der Waals surface area contributed by atoms with Gasteiger partial charge < -0.3 is 5.32 Å². The average molecular weight is 405 g/mol. The predicted octanol–water partition coefficient (Wildman–Crippen LogP) is 3.81. The molecule has 3 atom stereocenters. The molecule has 154 valence electrons. The third kappa shape index (κ3) is 3.18. The van der Waals surface area contributed by atoms with Gasteiger partial charge in [0.25, 0.3) is 5.91 Å². The lowest BCUT2D eigenvalue weighted by atomic mass is 9.68. The first-order valence-electron chi connectivity index (χ1n) is 10.6. The molecule has 2 unspecified atom stereocenters. The number of hydrogen-bond acceptors (Lipinski definition) is 3. The minimum Gasteiger partial charge on any atom is -0.348 e. The molecule has 6 heteroatoms. The van der Waals surface area contributed by atoms with Gasteiger partial charge in [0.15, 0.2) is 0 Å². The number of piperidine rings is 1. The predicted molar refractivity (Wildman–Crippen MR) is 110 cm³/mol. The zero-order valence-electron chi connectivity index (χ0n) is 17.2. The number of fused-ring (bicyclic) bond motifs is 2. The maximum atomic E-state index is 13.0. The number of hydrogen-bond donors (Lipinski definition) is 1. The van der Waals surface area contributed by atoms with Gasteiger partial charge in [-0.05, 0) is 67.1 Å². The number of rotatable bonds is 4. The molecule has 3 aliphatic rings. The van der Waals surface area contributed by atoms with Gasteiger partial charge in [-0.3, -0.25) is 4.79 Å². The highest BCUT2D eigenvalue weighted by Crippen LogP contribution is 2.62. The molecule has 0 radical (unpaired) electrons. The first-order chi connectivity index (χ1) is 13.1. The van der Waals surface area contributed by atoms with Gasteiger partial charge in [-0.15, -0.1) is 0 Å². The summed E-state index contributed by atoms with van der Waals surface area (Å²) < 4.78 is 27.5. The summed E-state index contributed by atoms with van der Waals surface area (Å²) in [5, 5.41) is 3.27. The highest BCUT2D eigenvalue weighted by molar-refractivity contribution is 7.89. The van der Waals surface area contributed by atoms with Gasteiger partial charge in [0.2, 0.25) is 10.0 Å². The largest absolute Gasteiger partial charge is 0.348 e.